The Morgan fingerprint density at radius 1 is 0.900 bits per heavy atom. The molecule has 6 heteroatoms. The molecule has 156 valence electrons. The molecule has 3 rings (SSSR count). The zero-order chi connectivity index (χ0) is 21.2. The Bertz CT molecular complexity index is 998. The summed E-state index contributed by atoms with van der Waals surface area (Å²) in [6, 6.07) is 20.9. The highest BCUT2D eigenvalue weighted by Gasteiger charge is 2.12. The van der Waals surface area contributed by atoms with E-state index in [0.29, 0.717) is 43.9 Å². The van der Waals surface area contributed by atoms with Crippen LogP contribution < -0.4 is 15.4 Å². The monoisotopic (exact) mass is 406 g/mol. The third-order valence-corrected chi connectivity index (χ3v) is 4.59. The first-order chi connectivity index (χ1) is 14.7. The fourth-order valence-corrected chi connectivity index (χ4v) is 3.10. The summed E-state index contributed by atoms with van der Waals surface area (Å²) in [5.74, 6) is 0.405. The number of carbonyl (C=O) groups excluding carboxylic acids is 2. The van der Waals surface area contributed by atoms with Crippen molar-refractivity contribution in [2.45, 2.75) is 12.8 Å². The van der Waals surface area contributed by atoms with Gasteiger partial charge in [-0.1, -0.05) is 48.5 Å². The number of anilines is 1. The minimum Gasteiger partial charge on any atom is -0.493 e. The van der Waals surface area contributed by atoms with Crippen molar-refractivity contribution in [2.75, 3.05) is 32.2 Å². The molecule has 0 aromatic heterocycles. The SMILES string of the molecule is COCCNC(=O)c1ccccc1NC(=O)CCCOc1cccc2ccccc12. The molecule has 3 aromatic carbocycles. The van der Waals surface area contributed by atoms with E-state index in [0.717, 1.165) is 16.5 Å². The van der Waals surface area contributed by atoms with Crippen LogP contribution in [0.15, 0.2) is 66.7 Å². The molecule has 2 amide bonds. The number of hydrogen-bond acceptors (Lipinski definition) is 4. The van der Waals surface area contributed by atoms with Gasteiger partial charge in [-0.2, -0.15) is 0 Å². The zero-order valence-corrected chi connectivity index (χ0v) is 17.0. The standard InChI is InChI=1S/C24H26N2O4/c1-29-17-15-25-24(28)20-11-4-5-12-21(20)26-23(27)14-7-16-30-22-13-6-9-18-8-2-3-10-19(18)22/h2-6,8-13H,7,14-17H2,1H3,(H,25,28)(H,26,27). The van der Waals surface area contributed by atoms with Gasteiger partial charge in [0.25, 0.3) is 5.91 Å². The van der Waals surface area contributed by atoms with Crippen molar-refractivity contribution < 1.29 is 19.1 Å². The maximum absolute atomic E-state index is 12.4. The van der Waals surface area contributed by atoms with Crippen molar-refractivity contribution in [3.63, 3.8) is 0 Å². The second-order valence-corrected chi connectivity index (χ2v) is 6.77. The van der Waals surface area contributed by atoms with E-state index in [2.05, 4.69) is 10.6 Å². The van der Waals surface area contributed by atoms with Crippen molar-refractivity contribution in [3.8, 4) is 5.75 Å². The van der Waals surface area contributed by atoms with Gasteiger partial charge in [-0.15, -0.1) is 0 Å². The van der Waals surface area contributed by atoms with Crippen LogP contribution in [0.3, 0.4) is 0 Å². The number of para-hydroxylation sites is 1. The number of fused-ring (bicyclic) bond motifs is 1. The largest absolute Gasteiger partial charge is 0.493 e. The van der Waals surface area contributed by atoms with Gasteiger partial charge < -0.3 is 20.1 Å². The molecule has 0 unspecified atom stereocenters. The second-order valence-electron chi connectivity index (χ2n) is 6.77. The molecule has 0 aliphatic rings. The Kier molecular flexibility index (Phi) is 7.80. The van der Waals surface area contributed by atoms with Crippen LogP contribution in [-0.4, -0.2) is 38.7 Å². The summed E-state index contributed by atoms with van der Waals surface area (Å²) in [5.41, 5.74) is 0.918. The number of carbonyl (C=O) groups is 2. The highest BCUT2D eigenvalue weighted by Crippen LogP contribution is 2.25. The predicted octanol–water partition coefficient (Wildman–Crippen LogP) is 4.01. The number of rotatable bonds is 10. The van der Waals surface area contributed by atoms with Gasteiger partial charge in [-0.25, -0.2) is 0 Å². The number of nitrogens with one attached hydrogen (secondary N) is 2. The van der Waals surface area contributed by atoms with Crippen LogP contribution in [-0.2, 0) is 9.53 Å². The molecule has 0 aliphatic heterocycles. The minimum atomic E-state index is -0.248. The lowest BCUT2D eigenvalue weighted by Crippen LogP contribution is -2.28. The maximum Gasteiger partial charge on any atom is 0.253 e. The molecular weight excluding hydrogens is 380 g/mol. The smallest absolute Gasteiger partial charge is 0.253 e. The lowest BCUT2D eigenvalue weighted by atomic mass is 10.1. The molecule has 0 fully saturated rings. The minimum absolute atomic E-state index is 0.159. The lowest BCUT2D eigenvalue weighted by molar-refractivity contribution is -0.116. The molecule has 0 radical (unpaired) electrons. The van der Waals surface area contributed by atoms with Crippen LogP contribution in [0.25, 0.3) is 10.8 Å². The van der Waals surface area contributed by atoms with Gasteiger partial charge in [0.15, 0.2) is 0 Å². The molecule has 0 spiro atoms. The predicted molar refractivity (Wildman–Crippen MR) is 118 cm³/mol. The maximum atomic E-state index is 12.4. The molecule has 30 heavy (non-hydrogen) atoms. The van der Waals surface area contributed by atoms with Gasteiger partial charge in [0.2, 0.25) is 5.91 Å². The van der Waals surface area contributed by atoms with Gasteiger partial charge >= 0.3 is 0 Å². The molecule has 0 aliphatic carbocycles. The van der Waals surface area contributed by atoms with Gasteiger partial charge in [-0.05, 0) is 30.0 Å². The Morgan fingerprint density at radius 3 is 2.53 bits per heavy atom. The van der Waals surface area contributed by atoms with Crippen LogP contribution in [0.5, 0.6) is 5.75 Å². The molecule has 3 aromatic rings. The van der Waals surface area contributed by atoms with Gasteiger partial charge in [-0.3, -0.25) is 9.59 Å². The Balaban J connectivity index is 1.50. The fraction of sp³-hybridized carbons (Fsp3) is 0.250. The molecule has 0 saturated carbocycles. The van der Waals surface area contributed by atoms with Gasteiger partial charge in [0, 0.05) is 25.5 Å². The molecule has 0 heterocycles. The highest BCUT2D eigenvalue weighted by molar-refractivity contribution is 6.03. The van der Waals surface area contributed by atoms with Crippen LogP contribution in [0.4, 0.5) is 5.69 Å². The number of amides is 2. The van der Waals surface area contributed by atoms with Crippen molar-refractivity contribution in [2.24, 2.45) is 0 Å². The number of methoxy groups -OCH3 is 1. The normalized spacial score (nSPS) is 10.6. The van der Waals surface area contributed by atoms with Crippen LogP contribution in [0.2, 0.25) is 0 Å². The third kappa shape index (κ3) is 5.81. The lowest BCUT2D eigenvalue weighted by Gasteiger charge is -2.12. The van der Waals surface area contributed by atoms with E-state index in [1.807, 2.05) is 42.5 Å². The highest BCUT2D eigenvalue weighted by atomic mass is 16.5. The molecule has 0 atom stereocenters. The summed E-state index contributed by atoms with van der Waals surface area (Å²) in [7, 11) is 1.57. The summed E-state index contributed by atoms with van der Waals surface area (Å²) in [6.07, 6.45) is 0.863. The van der Waals surface area contributed by atoms with Crippen LogP contribution in [0, 0.1) is 0 Å². The van der Waals surface area contributed by atoms with E-state index in [4.69, 9.17) is 9.47 Å². The molecule has 6 nitrogen and oxygen atoms in total. The molecule has 2 N–H and O–H groups in total. The molecule has 0 saturated heterocycles. The average Bonchev–Trinajstić information content (AvgIpc) is 2.77. The Morgan fingerprint density at radius 2 is 1.67 bits per heavy atom. The summed E-state index contributed by atoms with van der Waals surface area (Å²) in [5, 5.41) is 7.76. The summed E-state index contributed by atoms with van der Waals surface area (Å²) in [6.45, 7) is 1.26. The van der Waals surface area contributed by atoms with E-state index in [-0.39, 0.29) is 11.8 Å². The quantitative estimate of drug-likeness (QED) is 0.499. The average molecular weight is 406 g/mol. The van der Waals surface area contributed by atoms with E-state index < -0.39 is 0 Å². The van der Waals surface area contributed by atoms with Crippen molar-refractivity contribution in [1.82, 2.24) is 5.32 Å². The van der Waals surface area contributed by atoms with E-state index in [1.165, 1.54) is 0 Å². The fourth-order valence-electron chi connectivity index (χ4n) is 3.10. The van der Waals surface area contributed by atoms with E-state index in [1.54, 1.807) is 31.4 Å². The van der Waals surface area contributed by atoms with Gasteiger partial charge in [0.05, 0.1) is 24.5 Å². The topological polar surface area (TPSA) is 76.7 Å². The second kappa shape index (κ2) is 11.0. The molecule has 0 bridgehead atoms. The Hall–Kier alpha value is -3.38. The first kappa shape index (κ1) is 21.3. The summed E-state index contributed by atoms with van der Waals surface area (Å²) >= 11 is 0. The number of benzene rings is 3. The summed E-state index contributed by atoms with van der Waals surface area (Å²) in [4.78, 5) is 24.7. The first-order valence-corrected chi connectivity index (χ1v) is 9.95. The van der Waals surface area contributed by atoms with Crippen molar-refractivity contribution >= 4 is 28.3 Å². The van der Waals surface area contributed by atoms with Crippen molar-refractivity contribution in [3.05, 3.63) is 72.3 Å². The molecular formula is C24H26N2O4. The van der Waals surface area contributed by atoms with Crippen LogP contribution >= 0.6 is 0 Å². The summed E-state index contributed by atoms with van der Waals surface area (Å²) < 4.78 is 10.8. The Labute approximate surface area is 176 Å². The third-order valence-electron chi connectivity index (χ3n) is 4.59. The van der Waals surface area contributed by atoms with Gasteiger partial charge in [0.1, 0.15) is 5.75 Å². The van der Waals surface area contributed by atoms with E-state index in [9.17, 15) is 9.59 Å². The van der Waals surface area contributed by atoms with Crippen molar-refractivity contribution in [1.29, 1.82) is 0 Å². The van der Waals surface area contributed by atoms with Crippen LogP contribution in [0.1, 0.15) is 23.2 Å². The number of hydrogen-bond donors (Lipinski definition) is 2. The number of ether oxygens (including phenoxy) is 2. The first-order valence-electron chi connectivity index (χ1n) is 9.95. The van der Waals surface area contributed by atoms with E-state index >= 15 is 0 Å². The zero-order valence-electron chi connectivity index (χ0n) is 17.0.